The lowest BCUT2D eigenvalue weighted by atomic mass is 10.1. The Kier molecular flexibility index (Phi) is 7.84. The highest BCUT2D eigenvalue weighted by Crippen LogP contribution is 2.27. The monoisotopic (exact) mass is 480 g/mol. The number of hydrogen-bond acceptors (Lipinski definition) is 7. The van der Waals surface area contributed by atoms with E-state index in [1.807, 2.05) is 6.92 Å². The van der Waals surface area contributed by atoms with E-state index in [0.717, 1.165) is 4.90 Å². The Balaban J connectivity index is 1.95. The van der Waals surface area contributed by atoms with Crippen molar-refractivity contribution in [2.75, 3.05) is 20.1 Å². The van der Waals surface area contributed by atoms with E-state index in [2.05, 4.69) is 5.32 Å². The highest BCUT2D eigenvalue weighted by molar-refractivity contribution is 5.95. The molecule has 2 N–H and O–H groups in total. The Labute approximate surface area is 199 Å². The van der Waals surface area contributed by atoms with E-state index in [-0.39, 0.29) is 18.2 Å². The van der Waals surface area contributed by atoms with E-state index in [9.17, 15) is 29.1 Å². The Morgan fingerprint density at radius 3 is 2.35 bits per heavy atom. The maximum absolute atomic E-state index is 13.3. The second-order valence-corrected chi connectivity index (χ2v) is 9.91. The van der Waals surface area contributed by atoms with Crippen LogP contribution in [0.25, 0.3) is 0 Å². The molecule has 7 unspecified atom stereocenters. The molecular weight excluding hydrogens is 444 g/mol. The summed E-state index contributed by atoms with van der Waals surface area (Å²) < 4.78 is 5.54. The van der Waals surface area contributed by atoms with Gasteiger partial charge in [0.15, 0.2) is 0 Å². The number of esters is 1. The van der Waals surface area contributed by atoms with Crippen LogP contribution in [0.2, 0.25) is 0 Å². The Bertz CT molecular complexity index is 847. The summed E-state index contributed by atoms with van der Waals surface area (Å²) >= 11 is 0. The van der Waals surface area contributed by atoms with Crippen LogP contribution in [-0.2, 0) is 28.7 Å². The number of cyclic esters (lactones) is 1. The van der Waals surface area contributed by atoms with Gasteiger partial charge >= 0.3 is 5.97 Å². The zero-order valence-corrected chi connectivity index (χ0v) is 20.5. The lowest BCUT2D eigenvalue weighted by Gasteiger charge is -2.35. The number of fused-ring (bicyclic) bond motifs is 2. The maximum Gasteiger partial charge on any atom is 0.329 e. The lowest BCUT2D eigenvalue weighted by Crippen LogP contribution is -2.60. The second kappa shape index (κ2) is 10.3. The number of aliphatic hydroxyl groups excluding tert-OH is 1. The molecule has 0 radical (unpaired) electrons. The molecule has 0 aliphatic carbocycles. The van der Waals surface area contributed by atoms with Gasteiger partial charge in [0, 0.05) is 20.1 Å². The highest BCUT2D eigenvalue weighted by Gasteiger charge is 2.44. The first-order chi connectivity index (χ1) is 15.9. The summed E-state index contributed by atoms with van der Waals surface area (Å²) in [6.07, 6.45) is -0.552. The predicted molar refractivity (Wildman–Crippen MR) is 120 cm³/mol. The molecule has 3 rings (SSSR count). The number of nitrogens with one attached hydrogen (secondary N) is 1. The van der Waals surface area contributed by atoms with Crippen molar-refractivity contribution < 1.29 is 33.8 Å². The summed E-state index contributed by atoms with van der Waals surface area (Å²) in [6, 6.07) is -3.80. The highest BCUT2D eigenvalue weighted by atomic mass is 16.5. The number of carbonyl (C=O) groups is 5. The number of aliphatic hydroxyl groups is 1. The molecule has 7 atom stereocenters. The SMILES string of the molecule is CC1CC2C(=O)OC(C)CC(=O)N3CCCC3C(=O)N(C)C(C(C)O)C(=O)NC(C)C(=O)N2C1. The molecule has 3 heterocycles. The van der Waals surface area contributed by atoms with Gasteiger partial charge in [0.1, 0.15) is 30.3 Å². The normalized spacial score (nSPS) is 35.1. The van der Waals surface area contributed by atoms with Crippen molar-refractivity contribution >= 4 is 29.6 Å². The number of rotatable bonds is 1. The van der Waals surface area contributed by atoms with Crippen molar-refractivity contribution in [3.63, 3.8) is 0 Å². The van der Waals surface area contributed by atoms with Crippen LogP contribution in [0.3, 0.4) is 0 Å². The molecule has 0 aromatic heterocycles. The number of hydrogen-bond donors (Lipinski definition) is 2. The fraction of sp³-hybridized carbons (Fsp3) is 0.783. The molecule has 190 valence electrons. The van der Waals surface area contributed by atoms with Crippen molar-refractivity contribution in [3.05, 3.63) is 0 Å². The van der Waals surface area contributed by atoms with Crippen molar-refractivity contribution in [2.24, 2.45) is 5.92 Å². The molecule has 4 amide bonds. The van der Waals surface area contributed by atoms with E-state index in [0.29, 0.717) is 32.4 Å². The fourth-order valence-electron chi connectivity index (χ4n) is 5.22. The standard InChI is InChI=1S/C23H36N4O7/c1-12-9-17-23(33)34-13(2)10-18(29)26-8-6-7-16(26)22(32)25(5)19(15(4)28)20(30)24-14(3)21(31)27(17)11-12/h12-17,19,28H,6-11H2,1-5H3,(H,24,30). The van der Waals surface area contributed by atoms with Crippen LogP contribution in [0.15, 0.2) is 0 Å². The topological polar surface area (TPSA) is 137 Å². The van der Waals surface area contributed by atoms with Crippen molar-refractivity contribution in [2.45, 2.75) is 89.8 Å². The van der Waals surface area contributed by atoms with Gasteiger partial charge in [0.2, 0.25) is 23.6 Å². The third-order valence-electron chi connectivity index (χ3n) is 6.92. The van der Waals surface area contributed by atoms with Crippen LogP contribution in [0.1, 0.15) is 53.4 Å². The molecule has 3 aliphatic heterocycles. The second-order valence-electron chi connectivity index (χ2n) is 9.91. The van der Waals surface area contributed by atoms with Crippen molar-refractivity contribution in [1.29, 1.82) is 0 Å². The van der Waals surface area contributed by atoms with E-state index in [1.165, 1.54) is 30.7 Å². The third-order valence-corrected chi connectivity index (χ3v) is 6.92. The quantitative estimate of drug-likeness (QED) is 0.472. The lowest BCUT2D eigenvalue weighted by molar-refractivity contribution is -0.160. The first kappa shape index (κ1) is 25.9. The van der Waals surface area contributed by atoms with Gasteiger partial charge in [-0.2, -0.15) is 0 Å². The zero-order valence-electron chi connectivity index (χ0n) is 20.5. The summed E-state index contributed by atoms with van der Waals surface area (Å²) in [7, 11) is 1.42. The molecule has 0 aromatic rings. The number of ether oxygens (including phenoxy) is 1. The minimum atomic E-state index is -1.25. The van der Waals surface area contributed by atoms with Gasteiger partial charge in [0.25, 0.3) is 0 Å². The average molecular weight is 481 g/mol. The smallest absolute Gasteiger partial charge is 0.329 e. The molecule has 0 spiro atoms. The van der Waals surface area contributed by atoms with Crippen molar-refractivity contribution in [3.8, 4) is 0 Å². The molecule has 11 heteroatoms. The number of nitrogens with zero attached hydrogens (tertiary/aromatic N) is 3. The van der Waals surface area contributed by atoms with E-state index < -0.39 is 60.1 Å². The summed E-state index contributed by atoms with van der Waals surface area (Å²) in [4.78, 5) is 69.4. The molecule has 11 nitrogen and oxygen atoms in total. The van der Waals surface area contributed by atoms with Gasteiger partial charge in [0.05, 0.1) is 12.5 Å². The van der Waals surface area contributed by atoms with Gasteiger partial charge in [-0.1, -0.05) is 6.92 Å². The first-order valence-electron chi connectivity index (χ1n) is 12.0. The minimum Gasteiger partial charge on any atom is -0.461 e. The molecule has 0 aromatic carbocycles. The van der Waals surface area contributed by atoms with Crippen LogP contribution in [-0.4, -0.2) is 106 Å². The Morgan fingerprint density at radius 1 is 1.03 bits per heavy atom. The van der Waals surface area contributed by atoms with Gasteiger partial charge in [-0.25, -0.2) is 4.79 Å². The van der Waals surface area contributed by atoms with Crippen LogP contribution in [0.5, 0.6) is 0 Å². The molecule has 34 heavy (non-hydrogen) atoms. The van der Waals surface area contributed by atoms with Crippen molar-refractivity contribution in [1.82, 2.24) is 20.0 Å². The van der Waals surface area contributed by atoms with Gasteiger partial charge in [-0.3, -0.25) is 19.2 Å². The molecule has 3 aliphatic rings. The predicted octanol–water partition coefficient (Wildman–Crippen LogP) is -0.738. The maximum atomic E-state index is 13.3. The van der Waals surface area contributed by atoms with E-state index in [4.69, 9.17) is 4.74 Å². The zero-order chi connectivity index (χ0) is 25.3. The molecule has 0 saturated carbocycles. The number of likely N-dealkylation sites (N-methyl/N-ethyl adjacent to an activating group) is 1. The summed E-state index contributed by atoms with van der Waals surface area (Å²) in [5.41, 5.74) is 0. The summed E-state index contributed by atoms with van der Waals surface area (Å²) in [5, 5.41) is 12.9. The summed E-state index contributed by atoms with van der Waals surface area (Å²) in [6.45, 7) is 7.16. The van der Waals surface area contributed by atoms with Crippen LogP contribution in [0, 0.1) is 5.92 Å². The molecule has 0 bridgehead atoms. The van der Waals surface area contributed by atoms with Gasteiger partial charge < -0.3 is 29.9 Å². The number of carbonyl (C=O) groups excluding carboxylic acids is 5. The van der Waals surface area contributed by atoms with Crippen LogP contribution in [0.4, 0.5) is 0 Å². The fourth-order valence-corrected chi connectivity index (χ4v) is 5.22. The summed E-state index contributed by atoms with van der Waals surface area (Å²) in [5.74, 6) is -2.44. The molecule has 3 fully saturated rings. The van der Waals surface area contributed by atoms with Crippen LogP contribution < -0.4 is 5.32 Å². The third kappa shape index (κ3) is 5.18. The average Bonchev–Trinajstić information content (AvgIpc) is 3.38. The van der Waals surface area contributed by atoms with E-state index in [1.54, 1.807) is 6.92 Å². The largest absolute Gasteiger partial charge is 0.461 e. The first-order valence-corrected chi connectivity index (χ1v) is 12.0. The van der Waals surface area contributed by atoms with Crippen LogP contribution >= 0.6 is 0 Å². The molecular formula is C23H36N4O7. The number of amides is 4. The Morgan fingerprint density at radius 2 is 1.71 bits per heavy atom. The molecule has 3 saturated heterocycles. The van der Waals surface area contributed by atoms with Gasteiger partial charge in [-0.05, 0) is 46.0 Å². The minimum absolute atomic E-state index is 0.0581. The Hall–Kier alpha value is -2.69. The van der Waals surface area contributed by atoms with Gasteiger partial charge in [-0.15, -0.1) is 0 Å². The van der Waals surface area contributed by atoms with E-state index >= 15 is 0 Å².